The van der Waals surface area contributed by atoms with Crippen molar-refractivity contribution in [3.05, 3.63) is 28.7 Å². The van der Waals surface area contributed by atoms with Crippen LogP contribution in [0.15, 0.2) is 23.1 Å². The van der Waals surface area contributed by atoms with Gasteiger partial charge >= 0.3 is 5.97 Å². The van der Waals surface area contributed by atoms with Gasteiger partial charge in [-0.15, -0.1) is 0 Å². The van der Waals surface area contributed by atoms with E-state index in [1.54, 1.807) is 32.1 Å². The quantitative estimate of drug-likeness (QED) is 0.611. The first-order chi connectivity index (χ1) is 11.3. The van der Waals surface area contributed by atoms with Crippen molar-refractivity contribution < 1.29 is 24.5 Å². The van der Waals surface area contributed by atoms with E-state index in [1.165, 1.54) is 13.2 Å². The van der Waals surface area contributed by atoms with Gasteiger partial charge in [-0.2, -0.15) is 0 Å². The maximum Gasteiger partial charge on any atom is 0.327 e. The second-order valence-electron chi connectivity index (χ2n) is 5.51. The fraction of sp³-hybridized carbons (Fsp3) is 0.312. The molecule has 0 unspecified atom stereocenters. The number of rotatable bonds is 5. The number of aliphatic carboxylic acids is 1. The summed E-state index contributed by atoms with van der Waals surface area (Å²) in [6.45, 7) is 3.46. The molecule has 24 heavy (non-hydrogen) atoms. The Morgan fingerprint density at radius 1 is 1.42 bits per heavy atom. The fourth-order valence-electron chi connectivity index (χ4n) is 2.35. The van der Waals surface area contributed by atoms with Gasteiger partial charge in [0.25, 0.3) is 5.91 Å². The van der Waals surface area contributed by atoms with Crippen LogP contribution in [0.2, 0.25) is 0 Å². The number of carboxylic acids is 1. The van der Waals surface area contributed by atoms with Crippen molar-refractivity contribution in [1.29, 1.82) is 0 Å². The first-order valence-corrected chi connectivity index (χ1v) is 8.35. The standard InChI is InChI=1S/C16H17NO5S2/c1-8(2)13(15(20)21)17-14(19)12(24-16(17)23)7-9-4-5-10(18)11(6-9)22-3/h4-8,13,18H,1-3H3,(H,20,21)/b12-7+/t13-/m0/s1. The third kappa shape index (κ3) is 3.54. The van der Waals surface area contributed by atoms with Crippen molar-refractivity contribution in [3.8, 4) is 11.5 Å². The second-order valence-corrected chi connectivity index (χ2v) is 7.19. The number of benzene rings is 1. The number of nitrogens with zero attached hydrogens (tertiary/aromatic N) is 1. The van der Waals surface area contributed by atoms with Gasteiger partial charge in [0, 0.05) is 0 Å². The Kier molecular flexibility index (Phi) is 5.51. The average molecular weight is 367 g/mol. The maximum atomic E-state index is 12.6. The zero-order valence-electron chi connectivity index (χ0n) is 13.3. The first-order valence-electron chi connectivity index (χ1n) is 7.13. The number of carbonyl (C=O) groups is 2. The SMILES string of the molecule is COc1cc(/C=C2/SC(=S)N([C@H](C(=O)O)C(C)C)C2=O)ccc1O. The van der Waals surface area contributed by atoms with Crippen molar-refractivity contribution in [2.45, 2.75) is 19.9 Å². The maximum absolute atomic E-state index is 12.6. The van der Waals surface area contributed by atoms with Gasteiger partial charge in [0.05, 0.1) is 12.0 Å². The molecule has 1 amide bonds. The van der Waals surface area contributed by atoms with Crippen LogP contribution in [0.4, 0.5) is 0 Å². The molecule has 0 aliphatic carbocycles. The van der Waals surface area contributed by atoms with E-state index in [1.807, 2.05) is 0 Å². The van der Waals surface area contributed by atoms with Crippen molar-refractivity contribution >= 4 is 46.3 Å². The Hall–Kier alpha value is -2.06. The van der Waals surface area contributed by atoms with Gasteiger partial charge in [-0.3, -0.25) is 9.69 Å². The molecule has 0 saturated carbocycles. The van der Waals surface area contributed by atoms with Gasteiger partial charge in [-0.1, -0.05) is 43.9 Å². The zero-order chi connectivity index (χ0) is 18.0. The van der Waals surface area contributed by atoms with E-state index in [2.05, 4.69) is 0 Å². The average Bonchev–Trinajstić information content (AvgIpc) is 2.76. The van der Waals surface area contributed by atoms with Crippen molar-refractivity contribution in [3.63, 3.8) is 0 Å². The number of aromatic hydroxyl groups is 1. The number of hydrogen-bond acceptors (Lipinski definition) is 6. The smallest absolute Gasteiger partial charge is 0.327 e. The van der Waals surface area contributed by atoms with E-state index in [0.29, 0.717) is 10.5 Å². The number of amides is 1. The normalized spacial score (nSPS) is 17.7. The van der Waals surface area contributed by atoms with Crippen LogP contribution in [-0.4, -0.2) is 44.5 Å². The molecule has 1 aromatic rings. The third-order valence-electron chi connectivity index (χ3n) is 3.49. The molecule has 1 aliphatic rings. The summed E-state index contributed by atoms with van der Waals surface area (Å²) >= 11 is 6.25. The van der Waals surface area contributed by atoms with E-state index in [9.17, 15) is 19.8 Å². The van der Waals surface area contributed by atoms with Crippen molar-refractivity contribution in [2.75, 3.05) is 7.11 Å². The minimum atomic E-state index is -1.09. The number of carboxylic acid groups (broad SMARTS) is 1. The molecule has 8 heteroatoms. The van der Waals surface area contributed by atoms with Gasteiger partial charge in [-0.25, -0.2) is 4.79 Å². The Morgan fingerprint density at radius 3 is 2.62 bits per heavy atom. The number of thioether (sulfide) groups is 1. The number of methoxy groups -OCH3 is 1. The minimum absolute atomic E-state index is 0.00653. The Labute approximate surface area is 149 Å². The molecule has 0 radical (unpaired) electrons. The van der Waals surface area contributed by atoms with Crippen molar-refractivity contribution in [1.82, 2.24) is 4.90 Å². The summed E-state index contributed by atoms with van der Waals surface area (Å²) in [6.07, 6.45) is 1.60. The lowest BCUT2D eigenvalue weighted by Gasteiger charge is -2.26. The van der Waals surface area contributed by atoms with Gasteiger partial charge in [0.2, 0.25) is 0 Å². The third-order valence-corrected chi connectivity index (χ3v) is 4.82. The summed E-state index contributed by atoms with van der Waals surface area (Å²) in [6, 6.07) is 3.66. The van der Waals surface area contributed by atoms with E-state index in [0.717, 1.165) is 16.7 Å². The molecule has 0 bridgehead atoms. The molecule has 0 spiro atoms. The van der Waals surface area contributed by atoms with Crippen LogP contribution in [-0.2, 0) is 9.59 Å². The van der Waals surface area contributed by atoms with Crippen LogP contribution in [0.3, 0.4) is 0 Å². The van der Waals surface area contributed by atoms with Crippen LogP contribution in [0, 0.1) is 5.92 Å². The highest BCUT2D eigenvalue weighted by molar-refractivity contribution is 8.26. The summed E-state index contributed by atoms with van der Waals surface area (Å²) in [5.41, 5.74) is 0.640. The number of phenols is 1. The number of hydrogen-bond donors (Lipinski definition) is 2. The monoisotopic (exact) mass is 367 g/mol. The molecule has 1 heterocycles. The number of carbonyl (C=O) groups excluding carboxylic acids is 1. The summed E-state index contributed by atoms with van der Waals surface area (Å²) < 4.78 is 5.26. The Balaban J connectivity index is 2.36. The summed E-state index contributed by atoms with van der Waals surface area (Å²) in [7, 11) is 1.43. The molecule has 6 nitrogen and oxygen atoms in total. The molecule has 2 N–H and O–H groups in total. The highest BCUT2D eigenvalue weighted by atomic mass is 32.2. The van der Waals surface area contributed by atoms with Gasteiger partial charge < -0.3 is 14.9 Å². The molecule has 2 rings (SSSR count). The molecule has 1 aromatic carbocycles. The predicted octanol–water partition coefficient (Wildman–Crippen LogP) is 2.71. The topological polar surface area (TPSA) is 87.1 Å². The molecule has 1 saturated heterocycles. The number of ether oxygens (including phenoxy) is 1. The lowest BCUT2D eigenvalue weighted by atomic mass is 10.0. The molecular formula is C16H17NO5S2. The number of thiocarbonyl (C=S) groups is 1. The highest BCUT2D eigenvalue weighted by Gasteiger charge is 2.41. The van der Waals surface area contributed by atoms with Crippen LogP contribution >= 0.6 is 24.0 Å². The van der Waals surface area contributed by atoms with E-state index < -0.39 is 17.9 Å². The fourth-order valence-corrected chi connectivity index (χ4v) is 3.68. The van der Waals surface area contributed by atoms with Gasteiger partial charge in [0.15, 0.2) is 11.5 Å². The largest absolute Gasteiger partial charge is 0.504 e. The molecule has 0 aromatic heterocycles. The van der Waals surface area contributed by atoms with Gasteiger partial charge in [0.1, 0.15) is 10.4 Å². The number of phenolic OH excluding ortho intramolecular Hbond substituents is 1. The Bertz CT molecular complexity index is 729. The van der Waals surface area contributed by atoms with Crippen LogP contribution in [0.25, 0.3) is 6.08 Å². The van der Waals surface area contributed by atoms with E-state index in [4.69, 9.17) is 17.0 Å². The predicted molar refractivity (Wildman–Crippen MR) is 95.9 cm³/mol. The first kappa shape index (κ1) is 18.3. The summed E-state index contributed by atoms with van der Waals surface area (Å²) in [5.74, 6) is -1.53. The molecule has 1 aliphatic heterocycles. The lowest BCUT2D eigenvalue weighted by Crippen LogP contribution is -2.47. The lowest BCUT2D eigenvalue weighted by molar-refractivity contribution is -0.146. The zero-order valence-corrected chi connectivity index (χ0v) is 15.0. The van der Waals surface area contributed by atoms with Crippen molar-refractivity contribution in [2.24, 2.45) is 5.92 Å². The molecule has 128 valence electrons. The van der Waals surface area contributed by atoms with E-state index >= 15 is 0 Å². The highest BCUT2D eigenvalue weighted by Crippen LogP contribution is 2.36. The molecule has 1 fully saturated rings. The van der Waals surface area contributed by atoms with Crippen LogP contribution in [0.1, 0.15) is 19.4 Å². The Morgan fingerprint density at radius 2 is 2.08 bits per heavy atom. The van der Waals surface area contributed by atoms with Crippen LogP contribution < -0.4 is 4.74 Å². The molecular weight excluding hydrogens is 350 g/mol. The van der Waals surface area contributed by atoms with E-state index in [-0.39, 0.29) is 21.7 Å². The van der Waals surface area contributed by atoms with Crippen LogP contribution in [0.5, 0.6) is 11.5 Å². The van der Waals surface area contributed by atoms with Gasteiger partial charge in [-0.05, 0) is 29.7 Å². The summed E-state index contributed by atoms with van der Waals surface area (Å²) in [5, 5.41) is 19.0. The molecule has 1 atom stereocenters. The summed E-state index contributed by atoms with van der Waals surface area (Å²) in [4.78, 5) is 25.6. The minimum Gasteiger partial charge on any atom is -0.504 e. The second kappa shape index (κ2) is 7.23.